The molecular weight excluding hydrogens is 152 g/mol. The summed E-state index contributed by atoms with van der Waals surface area (Å²) in [4.78, 5) is 0. The van der Waals surface area contributed by atoms with E-state index in [-0.39, 0.29) is 11.7 Å². The minimum Gasteiger partial charge on any atom is -0.390 e. The lowest BCUT2D eigenvalue weighted by Gasteiger charge is -2.43. The van der Waals surface area contributed by atoms with Gasteiger partial charge in [0.1, 0.15) is 0 Å². The Kier molecular flexibility index (Phi) is 2.79. The summed E-state index contributed by atoms with van der Waals surface area (Å²) in [5, 5.41) is 9.89. The number of aliphatic hydroxyl groups excluding tert-OH is 1. The molecule has 2 heteroatoms. The summed E-state index contributed by atoms with van der Waals surface area (Å²) in [7, 11) is 1.69. The topological polar surface area (TPSA) is 29.5 Å². The molecule has 1 N–H and O–H groups in total. The van der Waals surface area contributed by atoms with Gasteiger partial charge in [-0.3, -0.25) is 0 Å². The molecule has 12 heavy (non-hydrogen) atoms. The Hall–Kier alpha value is -0.0800. The summed E-state index contributed by atoms with van der Waals surface area (Å²) in [6, 6.07) is 0. The highest BCUT2D eigenvalue weighted by Crippen LogP contribution is 2.37. The number of ether oxygens (including phenoxy) is 1. The van der Waals surface area contributed by atoms with E-state index in [0.29, 0.717) is 11.8 Å². The summed E-state index contributed by atoms with van der Waals surface area (Å²) in [6.45, 7) is 6.32. The van der Waals surface area contributed by atoms with Gasteiger partial charge in [-0.25, -0.2) is 0 Å². The monoisotopic (exact) mass is 172 g/mol. The van der Waals surface area contributed by atoms with E-state index in [4.69, 9.17) is 4.74 Å². The molecule has 1 saturated carbocycles. The van der Waals surface area contributed by atoms with Crippen LogP contribution in [0.2, 0.25) is 0 Å². The van der Waals surface area contributed by atoms with Gasteiger partial charge in [-0.1, -0.05) is 13.8 Å². The maximum absolute atomic E-state index is 9.89. The second-order valence-electron chi connectivity index (χ2n) is 4.48. The predicted molar refractivity (Wildman–Crippen MR) is 49.0 cm³/mol. The second-order valence-corrected chi connectivity index (χ2v) is 4.48. The van der Waals surface area contributed by atoms with E-state index in [9.17, 15) is 5.11 Å². The van der Waals surface area contributed by atoms with Crippen molar-refractivity contribution >= 4 is 0 Å². The predicted octanol–water partition coefficient (Wildman–Crippen LogP) is 1.82. The number of rotatable bonds is 1. The minimum atomic E-state index is -0.322. The molecule has 2 nitrogen and oxygen atoms in total. The molecule has 0 radical (unpaired) electrons. The molecule has 72 valence electrons. The van der Waals surface area contributed by atoms with Gasteiger partial charge in [0.05, 0.1) is 11.7 Å². The van der Waals surface area contributed by atoms with E-state index in [1.807, 2.05) is 6.92 Å². The number of hydrogen-bond donors (Lipinski definition) is 1. The summed E-state index contributed by atoms with van der Waals surface area (Å²) in [5.41, 5.74) is -0.322. The fourth-order valence-corrected chi connectivity index (χ4v) is 2.47. The molecule has 4 atom stereocenters. The van der Waals surface area contributed by atoms with E-state index in [0.717, 1.165) is 12.8 Å². The van der Waals surface area contributed by atoms with Crippen molar-refractivity contribution in [2.75, 3.05) is 7.11 Å². The van der Waals surface area contributed by atoms with Gasteiger partial charge in [0.25, 0.3) is 0 Å². The average molecular weight is 172 g/mol. The molecule has 0 aromatic heterocycles. The van der Waals surface area contributed by atoms with Crippen molar-refractivity contribution in [1.82, 2.24) is 0 Å². The van der Waals surface area contributed by atoms with Crippen LogP contribution in [0.1, 0.15) is 33.6 Å². The first-order valence-corrected chi connectivity index (χ1v) is 4.73. The first kappa shape index (κ1) is 10.0. The van der Waals surface area contributed by atoms with Crippen LogP contribution in [0.5, 0.6) is 0 Å². The second kappa shape index (κ2) is 3.35. The van der Waals surface area contributed by atoms with Gasteiger partial charge in [-0.2, -0.15) is 0 Å². The molecule has 0 bridgehead atoms. The van der Waals surface area contributed by atoms with Gasteiger partial charge < -0.3 is 9.84 Å². The Morgan fingerprint density at radius 2 is 2.00 bits per heavy atom. The fraction of sp³-hybridized carbons (Fsp3) is 1.00. The lowest BCUT2D eigenvalue weighted by Crippen LogP contribution is -2.50. The van der Waals surface area contributed by atoms with Crippen LogP contribution in [0, 0.1) is 11.8 Å². The zero-order chi connectivity index (χ0) is 9.35. The molecule has 1 aliphatic rings. The molecule has 0 aromatic rings. The van der Waals surface area contributed by atoms with Crippen LogP contribution in [0.15, 0.2) is 0 Å². The molecule has 0 amide bonds. The molecule has 0 saturated heterocycles. The molecular formula is C10H20O2. The lowest BCUT2D eigenvalue weighted by molar-refractivity contribution is -0.143. The van der Waals surface area contributed by atoms with Crippen LogP contribution in [-0.4, -0.2) is 23.9 Å². The van der Waals surface area contributed by atoms with Crippen molar-refractivity contribution in [3.8, 4) is 0 Å². The average Bonchev–Trinajstić information content (AvgIpc) is 2.00. The minimum absolute atomic E-state index is 0.307. The van der Waals surface area contributed by atoms with Crippen molar-refractivity contribution < 1.29 is 9.84 Å². The Bertz CT molecular complexity index is 158. The van der Waals surface area contributed by atoms with Crippen LogP contribution in [0.25, 0.3) is 0 Å². The van der Waals surface area contributed by atoms with E-state index in [1.54, 1.807) is 7.11 Å². The SMILES string of the molecule is COC1(C)CC(C)CC(C)C1O. The van der Waals surface area contributed by atoms with Gasteiger partial charge >= 0.3 is 0 Å². The van der Waals surface area contributed by atoms with Crippen LogP contribution < -0.4 is 0 Å². The first-order chi connectivity index (χ1) is 5.49. The standard InChI is InChI=1S/C10H20O2/c1-7-5-8(2)9(11)10(3,6-7)12-4/h7-9,11H,5-6H2,1-4H3. The van der Waals surface area contributed by atoms with E-state index >= 15 is 0 Å². The summed E-state index contributed by atoms with van der Waals surface area (Å²) in [6.07, 6.45) is 1.77. The zero-order valence-electron chi connectivity index (χ0n) is 8.50. The Morgan fingerprint density at radius 1 is 1.42 bits per heavy atom. The molecule has 4 unspecified atom stereocenters. The van der Waals surface area contributed by atoms with Crippen molar-refractivity contribution in [3.63, 3.8) is 0 Å². The van der Waals surface area contributed by atoms with Gasteiger partial charge in [-0.05, 0) is 31.6 Å². The van der Waals surface area contributed by atoms with Crippen LogP contribution in [-0.2, 0) is 4.74 Å². The van der Waals surface area contributed by atoms with Crippen molar-refractivity contribution in [3.05, 3.63) is 0 Å². The summed E-state index contributed by atoms with van der Waals surface area (Å²) in [5.74, 6) is 1.02. The molecule has 0 spiro atoms. The maximum Gasteiger partial charge on any atom is 0.0913 e. The van der Waals surface area contributed by atoms with Crippen molar-refractivity contribution in [2.24, 2.45) is 11.8 Å². The number of aliphatic hydroxyl groups is 1. The third kappa shape index (κ3) is 1.64. The molecule has 1 fully saturated rings. The highest BCUT2D eigenvalue weighted by atomic mass is 16.5. The van der Waals surface area contributed by atoms with Gasteiger partial charge in [0.15, 0.2) is 0 Å². The van der Waals surface area contributed by atoms with Gasteiger partial charge in [0, 0.05) is 7.11 Å². The Balaban J connectivity index is 2.72. The molecule has 1 rings (SSSR count). The quantitative estimate of drug-likeness (QED) is 0.653. The Morgan fingerprint density at radius 3 is 2.50 bits per heavy atom. The van der Waals surface area contributed by atoms with E-state index < -0.39 is 0 Å². The number of methoxy groups -OCH3 is 1. The largest absolute Gasteiger partial charge is 0.390 e. The third-order valence-corrected chi connectivity index (χ3v) is 3.16. The van der Waals surface area contributed by atoms with Gasteiger partial charge in [-0.15, -0.1) is 0 Å². The zero-order valence-corrected chi connectivity index (χ0v) is 8.50. The van der Waals surface area contributed by atoms with Crippen molar-refractivity contribution in [1.29, 1.82) is 0 Å². The first-order valence-electron chi connectivity index (χ1n) is 4.73. The maximum atomic E-state index is 9.89. The van der Waals surface area contributed by atoms with Crippen molar-refractivity contribution in [2.45, 2.75) is 45.3 Å². The Labute approximate surface area is 74.9 Å². The smallest absolute Gasteiger partial charge is 0.0913 e. The normalized spacial score (nSPS) is 49.2. The third-order valence-electron chi connectivity index (χ3n) is 3.16. The number of hydrogen-bond acceptors (Lipinski definition) is 2. The molecule has 1 aliphatic carbocycles. The van der Waals surface area contributed by atoms with Gasteiger partial charge in [0.2, 0.25) is 0 Å². The summed E-state index contributed by atoms with van der Waals surface area (Å²) >= 11 is 0. The van der Waals surface area contributed by atoms with E-state index in [1.165, 1.54) is 0 Å². The fourth-order valence-electron chi connectivity index (χ4n) is 2.47. The molecule has 0 aliphatic heterocycles. The molecule has 0 aromatic carbocycles. The highest BCUT2D eigenvalue weighted by Gasteiger charge is 2.42. The van der Waals surface area contributed by atoms with Crippen LogP contribution in [0.3, 0.4) is 0 Å². The highest BCUT2D eigenvalue weighted by molar-refractivity contribution is 4.93. The van der Waals surface area contributed by atoms with Crippen LogP contribution >= 0.6 is 0 Å². The van der Waals surface area contributed by atoms with E-state index in [2.05, 4.69) is 13.8 Å². The molecule has 0 heterocycles. The van der Waals surface area contributed by atoms with Crippen LogP contribution in [0.4, 0.5) is 0 Å². The lowest BCUT2D eigenvalue weighted by atomic mass is 9.72. The summed E-state index contributed by atoms with van der Waals surface area (Å²) < 4.78 is 5.38.